The van der Waals surface area contributed by atoms with Crippen molar-refractivity contribution >= 4 is 0 Å². The molecule has 0 aliphatic carbocycles. The standard InChI is InChI=1S/C18H22F2N4O/c19-15-5-3-14(4-6-15)18(25,24-10-8-21-9-11-24)7-1-2-17-22-12-16(20)13-23-17/h3-6,12-13,21,25H,1-2,7-11H2/t18-/m0/s1. The summed E-state index contributed by atoms with van der Waals surface area (Å²) in [5.41, 5.74) is -0.494. The van der Waals surface area contributed by atoms with Gasteiger partial charge in [0.05, 0.1) is 12.4 Å². The van der Waals surface area contributed by atoms with Crippen molar-refractivity contribution in [3.63, 3.8) is 0 Å². The van der Waals surface area contributed by atoms with E-state index in [1.165, 1.54) is 12.1 Å². The smallest absolute Gasteiger partial charge is 0.159 e. The molecule has 2 aromatic rings. The quantitative estimate of drug-likeness (QED) is 0.834. The fourth-order valence-electron chi connectivity index (χ4n) is 3.20. The molecule has 0 radical (unpaired) electrons. The van der Waals surface area contributed by atoms with E-state index in [-0.39, 0.29) is 5.82 Å². The number of piperazine rings is 1. The van der Waals surface area contributed by atoms with Gasteiger partial charge in [0.1, 0.15) is 17.4 Å². The number of aliphatic hydroxyl groups is 1. The van der Waals surface area contributed by atoms with Gasteiger partial charge in [-0.2, -0.15) is 0 Å². The van der Waals surface area contributed by atoms with Crippen LogP contribution in [-0.2, 0) is 12.1 Å². The molecular weight excluding hydrogens is 326 g/mol. The van der Waals surface area contributed by atoms with Gasteiger partial charge < -0.3 is 10.4 Å². The lowest BCUT2D eigenvalue weighted by Crippen LogP contribution is -2.54. The lowest BCUT2D eigenvalue weighted by atomic mass is 9.94. The summed E-state index contributed by atoms with van der Waals surface area (Å²) < 4.78 is 26.2. The van der Waals surface area contributed by atoms with Gasteiger partial charge in [0.25, 0.3) is 0 Å². The van der Waals surface area contributed by atoms with E-state index < -0.39 is 11.5 Å². The number of hydrogen-bond acceptors (Lipinski definition) is 5. The van der Waals surface area contributed by atoms with Gasteiger partial charge in [-0.05, 0) is 30.5 Å². The highest BCUT2D eigenvalue weighted by molar-refractivity contribution is 5.23. The monoisotopic (exact) mass is 348 g/mol. The van der Waals surface area contributed by atoms with Crippen LogP contribution in [0.25, 0.3) is 0 Å². The zero-order valence-electron chi connectivity index (χ0n) is 14.0. The average Bonchev–Trinajstić information content (AvgIpc) is 2.64. The lowest BCUT2D eigenvalue weighted by molar-refractivity contribution is -0.127. The molecule has 2 N–H and O–H groups in total. The second-order valence-corrected chi connectivity index (χ2v) is 6.23. The first-order valence-electron chi connectivity index (χ1n) is 8.48. The minimum Gasteiger partial charge on any atom is -0.371 e. The van der Waals surface area contributed by atoms with E-state index in [9.17, 15) is 13.9 Å². The summed E-state index contributed by atoms with van der Waals surface area (Å²) in [5.74, 6) is -0.248. The minimum absolute atomic E-state index is 0.328. The van der Waals surface area contributed by atoms with Crippen molar-refractivity contribution in [3.8, 4) is 0 Å². The van der Waals surface area contributed by atoms with Crippen molar-refractivity contribution in [3.05, 3.63) is 59.7 Å². The highest BCUT2D eigenvalue weighted by atomic mass is 19.1. The summed E-state index contributed by atoms with van der Waals surface area (Å²) in [4.78, 5) is 9.92. The first-order chi connectivity index (χ1) is 12.1. The van der Waals surface area contributed by atoms with Gasteiger partial charge >= 0.3 is 0 Å². The van der Waals surface area contributed by atoms with Gasteiger partial charge in [0.15, 0.2) is 5.82 Å². The van der Waals surface area contributed by atoms with Crippen molar-refractivity contribution in [2.45, 2.75) is 25.0 Å². The largest absolute Gasteiger partial charge is 0.371 e. The van der Waals surface area contributed by atoms with Crippen LogP contribution in [0.1, 0.15) is 24.2 Å². The van der Waals surface area contributed by atoms with E-state index in [4.69, 9.17) is 0 Å². The van der Waals surface area contributed by atoms with Gasteiger partial charge in [0.2, 0.25) is 0 Å². The Hall–Kier alpha value is -1.96. The number of aryl methyl sites for hydroxylation is 1. The third kappa shape index (κ3) is 4.36. The molecule has 5 nitrogen and oxygen atoms in total. The molecule has 1 atom stereocenters. The molecule has 0 spiro atoms. The van der Waals surface area contributed by atoms with Crippen molar-refractivity contribution in [2.24, 2.45) is 0 Å². The maximum absolute atomic E-state index is 13.3. The van der Waals surface area contributed by atoms with Gasteiger partial charge in [-0.25, -0.2) is 18.7 Å². The summed E-state index contributed by atoms with van der Waals surface area (Å²) >= 11 is 0. The molecule has 0 unspecified atom stereocenters. The predicted molar refractivity (Wildman–Crippen MR) is 89.7 cm³/mol. The second kappa shape index (κ2) is 7.95. The van der Waals surface area contributed by atoms with E-state index >= 15 is 0 Å². The summed E-state index contributed by atoms with van der Waals surface area (Å²) in [6.45, 7) is 3.01. The van der Waals surface area contributed by atoms with Crippen LogP contribution in [0.4, 0.5) is 8.78 Å². The predicted octanol–water partition coefficient (Wildman–Crippen LogP) is 1.83. The number of aromatic nitrogens is 2. The number of hydrogen-bond donors (Lipinski definition) is 2. The molecule has 3 rings (SSSR count). The molecular formula is C18H22F2N4O. The Kier molecular flexibility index (Phi) is 5.67. The zero-order valence-corrected chi connectivity index (χ0v) is 14.0. The van der Waals surface area contributed by atoms with Crippen LogP contribution in [-0.4, -0.2) is 46.2 Å². The van der Waals surface area contributed by atoms with Crippen molar-refractivity contribution in [1.29, 1.82) is 0 Å². The third-order valence-corrected chi connectivity index (χ3v) is 4.55. The molecule has 134 valence electrons. The molecule has 1 aromatic heterocycles. The average molecular weight is 348 g/mol. The number of halogens is 2. The van der Waals surface area contributed by atoms with Crippen LogP contribution in [0.2, 0.25) is 0 Å². The third-order valence-electron chi connectivity index (χ3n) is 4.55. The molecule has 1 aromatic carbocycles. The molecule has 0 saturated carbocycles. The SMILES string of the molecule is O[C@@](CCCc1ncc(F)cn1)(c1ccc(F)cc1)N1CCNCC1. The zero-order chi connectivity index (χ0) is 17.7. The lowest BCUT2D eigenvalue weighted by Gasteiger charge is -2.42. The van der Waals surface area contributed by atoms with E-state index in [1.807, 2.05) is 4.90 Å². The first kappa shape index (κ1) is 17.8. The Labute approximate surface area is 145 Å². The molecule has 7 heteroatoms. The van der Waals surface area contributed by atoms with Crippen LogP contribution in [0.15, 0.2) is 36.7 Å². The van der Waals surface area contributed by atoms with E-state index in [1.54, 1.807) is 12.1 Å². The van der Waals surface area contributed by atoms with Crippen molar-refractivity contribution < 1.29 is 13.9 Å². The van der Waals surface area contributed by atoms with E-state index in [0.29, 0.717) is 43.7 Å². The Morgan fingerprint density at radius 3 is 2.32 bits per heavy atom. The normalized spacial score (nSPS) is 18.0. The molecule has 1 aliphatic heterocycles. The van der Waals surface area contributed by atoms with Crippen LogP contribution in [0.3, 0.4) is 0 Å². The van der Waals surface area contributed by atoms with Gasteiger partial charge in [-0.3, -0.25) is 4.90 Å². The number of nitrogens with zero attached hydrogens (tertiary/aromatic N) is 3. The Balaban J connectivity index is 1.73. The van der Waals surface area contributed by atoms with Crippen LogP contribution >= 0.6 is 0 Å². The molecule has 0 amide bonds. The fraction of sp³-hybridized carbons (Fsp3) is 0.444. The molecule has 0 bridgehead atoms. The Bertz CT molecular complexity index is 674. The van der Waals surface area contributed by atoms with Gasteiger partial charge in [-0.1, -0.05) is 12.1 Å². The molecule has 25 heavy (non-hydrogen) atoms. The van der Waals surface area contributed by atoms with Crippen LogP contribution in [0, 0.1) is 11.6 Å². The fourth-order valence-corrected chi connectivity index (χ4v) is 3.20. The summed E-state index contributed by atoms with van der Waals surface area (Å²) in [6, 6.07) is 5.99. The van der Waals surface area contributed by atoms with Gasteiger partial charge in [-0.15, -0.1) is 0 Å². The molecule has 2 heterocycles. The van der Waals surface area contributed by atoms with E-state index in [2.05, 4.69) is 15.3 Å². The summed E-state index contributed by atoms with van der Waals surface area (Å²) in [6.07, 6.45) is 3.91. The summed E-state index contributed by atoms with van der Waals surface area (Å²) in [5, 5.41) is 14.7. The van der Waals surface area contributed by atoms with Crippen LogP contribution in [0.5, 0.6) is 0 Å². The number of benzene rings is 1. The van der Waals surface area contributed by atoms with Crippen molar-refractivity contribution in [2.75, 3.05) is 26.2 Å². The van der Waals surface area contributed by atoms with Crippen molar-refractivity contribution in [1.82, 2.24) is 20.2 Å². The molecule has 1 saturated heterocycles. The Morgan fingerprint density at radius 2 is 1.68 bits per heavy atom. The first-order valence-corrected chi connectivity index (χ1v) is 8.48. The van der Waals surface area contributed by atoms with Gasteiger partial charge in [0, 0.05) is 32.6 Å². The topological polar surface area (TPSA) is 61.3 Å². The second-order valence-electron chi connectivity index (χ2n) is 6.23. The minimum atomic E-state index is -1.17. The summed E-state index contributed by atoms with van der Waals surface area (Å²) in [7, 11) is 0. The highest BCUT2D eigenvalue weighted by Crippen LogP contribution is 2.31. The maximum Gasteiger partial charge on any atom is 0.159 e. The van der Waals surface area contributed by atoms with E-state index in [0.717, 1.165) is 25.5 Å². The Morgan fingerprint density at radius 1 is 1.04 bits per heavy atom. The number of rotatable bonds is 6. The van der Waals surface area contributed by atoms with Crippen LogP contribution < -0.4 is 5.32 Å². The maximum atomic E-state index is 13.3. The molecule has 1 aliphatic rings. The number of nitrogens with one attached hydrogen (secondary N) is 1. The molecule has 1 fully saturated rings. The highest BCUT2D eigenvalue weighted by Gasteiger charge is 2.36.